The van der Waals surface area contributed by atoms with Gasteiger partial charge in [-0.1, -0.05) is 64.2 Å². The van der Waals surface area contributed by atoms with Crippen molar-refractivity contribution >= 4 is 11.9 Å². The van der Waals surface area contributed by atoms with Gasteiger partial charge in [-0.2, -0.15) is 0 Å². The lowest BCUT2D eigenvalue weighted by Crippen LogP contribution is -2.43. The Labute approximate surface area is 280 Å². The molecule has 0 saturated carbocycles. The van der Waals surface area contributed by atoms with Crippen molar-refractivity contribution in [1.29, 1.82) is 0 Å². The van der Waals surface area contributed by atoms with Gasteiger partial charge < -0.3 is 51.7 Å². The number of amides is 1. The third kappa shape index (κ3) is 25.5. The van der Waals surface area contributed by atoms with Crippen molar-refractivity contribution in [1.82, 2.24) is 5.32 Å². The molecular weight excluding hydrogens is 610 g/mol. The largest absolute Gasteiger partial charge is 0.393 e. The number of aliphatic hydroxyl groups is 9. The number of nitrogens with zero attached hydrogens (tertiary/aromatic N) is 1. The lowest BCUT2D eigenvalue weighted by Gasteiger charge is -2.17. The Bertz CT molecular complexity index is 953. The molecule has 0 radical (unpaired) electrons. The quantitative estimate of drug-likeness (QED) is 0.0294. The van der Waals surface area contributed by atoms with Gasteiger partial charge in [0.1, 0.15) is 0 Å². The van der Waals surface area contributed by atoms with Crippen molar-refractivity contribution < 1.29 is 50.8 Å². The Kier molecular flexibility index (Phi) is 23.7. The molecule has 0 aromatic carbocycles. The highest BCUT2D eigenvalue weighted by Crippen LogP contribution is 2.14. The van der Waals surface area contributed by atoms with Gasteiger partial charge in [-0.25, -0.2) is 0 Å². The summed E-state index contributed by atoms with van der Waals surface area (Å²) >= 11 is 0. The molecule has 0 aliphatic rings. The Balaban J connectivity index is 4.24. The number of guanidine groups is 1. The van der Waals surface area contributed by atoms with Crippen LogP contribution in [0.5, 0.6) is 0 Å². The number of rotatable bonds is 24. The first-order valence-corrected chi connectivity index (χ1v) is 16.7. The monoisotopic (exact) mass is 673 g/mol. The van der Waals surface area contributed by atoms with E-state index in [0.717, 1.165) is 0 Å². The summed E-state index contributed by atoms with van der Waals surface area (Å²) in [6, 6.07) is 0. The van der Waals surface area contributed by atoms with E-state index < -0.39 is 60.4 Å². The number of carbonyl (C=O) groups excluding carboxylic acids is 1. The minimum Gasteiger partial charge on any atom is -0.393 e. The zero-order valence-corrected chi connectivity index (χ0v) is 28.6. The van der Waals surface area contributed by atoms with Gasteiger partial charge in [-0.3, -0.25) is 15.1 Å². The molecule has 13 heteroatoms. The maximum atomic E-state index is 11.9. The smallest absolute Gasteiger partial charge is 0.232 e. The number of nitrogens with two attached hydrogens (primary N) is 1. The Hall–Kier alpha value is -2.20. The Morgan fingerprint density at radius 2 is 1.06 bits per heavy atom. The molecule has 0 aromatic heterocycles. The fourth-order valence-electron chi connectivity index (χ4n) is 4.42. The lowest BCUT2D eigenvalue weighted by atomic mass is 9.96. The molecule has 9 unspecified atom stereocenters. The number of aliphatic hydroxyl groups excluding tert-OH is 9. The normalized spacial score (nSPS) is 19.0. The summed E-state index contributed by atoms with van der Waals surface area (Å²) in [5.41, 5.74) is 5.11. The van der Waals surface area contributed by atoms with E-state index in [2.05, 4.69) is 10.3 Å². The fourth-order valence-corrected chi connectivity index (χ4v) is 4.42. The average Bonchev–Trinajstić information content (AvgIpc) is 2.94. The molecule has 0 spiro atoms. The third-order valence-electron chi connectivity index (χ3n) is 7.30. The van der Waals surface area contributed by atoms with E-state index in [1.54, 1.807) is 39.0 Å². The predicted octanol–water partition coefficient (Wildman–Crippen LogP) is 0.691. The van der Waals surface area contributed by atoms with Gasteiger partial charge in [0.25, 0.3) is 0 Å². The summed E-state index contributed by atoms with van der Waals surface area (Å²) in [5, 5.41) is 93.0. The van der Waals surface area contributed by atoms with Gasteiger partial charge in [0, 0.05) is 31.2 Å². The summed E-state index contributed by atoms with van der Waals surface area (Å²) in [4.78, 5) is 16.0. The van der Waals surface area contributed by atoms with E-state index in [1.807, 2.05) is 6.92 Å². The zero-order chi connectivity index (χ0) is 36.0. The number of hydrogen-bond acceptors (Lipinski definition) is 11. The first-order chi connectivity index (χ1) is 21.9. The van der Waals surface area contributed by atoms with Crippen LogP contribution >= 0.6 is 0 Å². The molecule has 0 aromatic rings. The van der Waals surface area contributed by atoms with Crippen molar-refractivity contribution in [3.8, 4) is 0 Å². The van der Waals surface area contributed by atoms with Gasteiger partial charge in [0.2, 0.25) is 5.91 Å². The van der Waals surface area contributed by atoms with Crippen LogP contribution in [0.1, 0.15) is 98.3 Å². The molecule has 0 heterocycles. The van der Waals surface area contributed by atoms with Crippen LogP contribution in [0.4, 0.5) is 0 Å². The molecule has 13 nitrogen and oxygen atoms in total. The van der Waals surface area contributed by atoms with Crippen LogP contribution in [-0.4, -0.2) is 119 Å². The Morgan fingerprint density at radius 3 is 1.51 bits per heavy atom. The minimum atomic E-state index is -0.995. The molecule has 0 aliphatic heterocycles. The lowest BCUT2D eigenvalue weighted by molar-refractivity contribution is -0.127. The molecular formula is C34H63N3O10. The summed E-state index contributed by atoms with van der Waals surface area (Å²) in [6.07, 6.45) is 3.87. The molecule has 0 saturated heterocycles. The summed E-state index contributed by atoms with van der Waals surface area (Å²) < 4.78 is 0. The zero-order valence-electron chi connectivity index (χ0n) is 28.6. The van der Waals surface area contributed by atoms with E-state index in [4.69, 9.17) is 5.73 Å². The van der Waals surface area contributed by atoms with E-state index in [0.29, 0.717) is 25.8 Å². The summed E-state index contributed by atoms with van der Waals surface area (Å²) in [7, 11) is 0. The predicted molar refractivity (Wildman–Crippen MR) is 182 cm³/mol. The van der Waals surface area contributed by atoms with E-state index in [-0.39, 0.29) is 63.2 Å². The van der Waals surface area contributed by atoms with Gasteiger partial charge in [-0.15, -0.1) is 0 Å². The van der Waals surface area contributed by atoms with Crippen LogP contribution in [0, 0.1) is 5.41 Å². The van der Waals surface area contributed by atoms with Gasteiger partial charge in [0.15, 0.2) is 5.96 Å². The van der Waals surface area contributed by atoms with E-state index in [9.17, 15) is 50.8 Å². The highest BCUT2D eigenvalue weighted by atomic mass is 16.3. The molecule has 0 rings (SSSR count). The molecule has 47 heavy (non-hydrogen) atoms. The second-order valence-corrected chi connectivity index (χ2v) is 13.3. The van der Waals surface area contributed by atoms with Crippen LogP contribution in [0.3, 0.4) is 0 Å². The SMILES string of the molecule is CCC(O)CC(O)C=CCC(O)CC(O)CC(O)C=CCC(O)CC(O)C=CCC(O)CC(O)CCCN=C(N)NC(=O)C(C)(C)C. The standard InChI is InChI=1S/C34H63N3O10/c1-5-23(38)18-24(39)10-6-14-28(43)21-31(46)22-29(44)15-8-13-26(41)19-25(40)11-7-12-27(42)20-30(45)16-9-17-36-33(35)37-32(47)34(2,3)4/h6-8,10-11,15,23-31,38-46H,5,9,12-14,16-22H2,1-4H3,(H3,35,36,37,47). The molecule has 0 aliphatic carbocycles. The van der Waals surface area contributed by atoms with E-state index in [1.165, 1.54) is 18.2 Å². The van der Waals surface area contributed by atoms with Crippen LogP contribution in [0.2, 0.25) is 0 Å². The molecule has 1 amide bonds. The van der Waals surface area contributed by atoms with Crippen LogP contribution in [0.25, 0.3) is 0 Å². The molecule has 0 bridgehead atoms. The Morgan fingerprint density at radius 1 is 0.660 bits per heavy atom. The topological polar surface area (TPSA) is 250 Å². The van der Waals surface area contributed by atoms with E-state index >= 15 is 0 Å². The highest BCUT2D eigenvalue weighted by Gasteiger charge is 2.21. The summed E-state index contributed by atoms with van der Waals surface area (Å²) in [5.74, 6) is -0.219. The molecule has 0 fully saturated rings. The number of hydrogen-bond donors (Lipinski definition) is 11. The van der Waals surface area contributed by atoms with Crippen molar-refractivity contribution in [2.24, 2.45) is 16.1 Å². The van der Waals surface area contributed by atoms with Crippen molar-refractivity contribution in [2.75, 3.05) is 6.54 Å². The van der Waals surface area contributed by atoms with Crippen molar-refractivity contribution in [3.05, 3.63) is 36.5 Å². The molecule has 274 valence electrons. The van der Waals surface area contributed by atoms with Crippen molar-refractivity contribution in [2.45, 2.75) is 153 Å². The first kappa shape index (κ1) is 44.8. The first-order valence-electron chi connectivity index (χ1n) is 16.7. The number of nitrogens with one attached hydrogen (secondary N) is 1. The van der Waals surface area contributed by atoms with Crippen LogP contribution in [-0.2, 0) is 4.79 Å². The van der Waals surface area contributed by atoms with Crippen LogP contribution in [0.15, 0.2) is 41.4 Å². The van der Waals surface area contributed by atoms with Crippen LogP contribution < -0.4 is 11.1 Å². The van der Waals surface area contributed by atoms with Crippen molar-refractivity contribution in [3.63, 3.8) is 0 Å². The number of carbonyl (C=O) groups is 1. The highest BCUT2D eigenvalue weighted by molar-refractivity contribution is 5.98. The second kappa shape index (κ2) is 24.9. The average molecular weight is 674 g/mol. The fraction of sp³-hybridized carbons (Fsp3) is 0.765. The summed E-state index contributed by atoms with van der Waals surface area (Å²) in [6.45, 7) is 7.41. The number of aliphatic imine (C=N–C) groups is 1. The molecule has 12 N–H and O–H groups in total. The third-order valence-corrected chi connectivity index (χ3v) is 7.30. The van der Waals surface area contributed by atoms with Gasteiger partial charge >= 0.3 is 0 Å². The second-order valence-electron chi connectivity index (χ2n) is 13.3. The molecule has 9 atom stereocenters. The maximum Gasteiger partial charge on any atom is 0.232 e. The maximum absolute atomic E-state index is 11.9. The van der Waals surface area contributed by atoms with Gasteiger partial charge in [0.05, 0.1) is 54.9 Å². The van der Waals surface area contributed by atoms with Gasteiger partial charge in [-0.05, 0) is 51.4 Å². The minimum absolute atomic E-state index is 0.0129.